The molecular weight excluding hydrogens is 228 g/mol. The van der Waals surface area contributed by atoms with Crippen LogP contribution in [0.25, 0.3) is 0 Å². The minimum Gasteiger partial charge on any atom is -0.454 e. The van der Waals surface area contributed by atoms with Crippen molar-refractivity contribution in [1.29, 1.82) is 0 Å². The quantitative estimate of drug-likeness (QED) is 0.407. The van der Waals surface area contributed by atoms with E-state index in [-0.39, 0.29) is 12.0 Å². The number of hydrogen-bond acceptors (Lipinski definition) is 3. The lowest BCUT2D eigenvalue weighted by Gasteiger charge is -2.21. The second kappa shape index (κ2) is 5.11. The van der Waals surface area contributed by atoms with Gasteiger partial charge in [-0.3, -0.25) is 0 Å². The van der Waals surface area contributed by atoms with E-state index in [0.717, 1.165) is 24.8 Å². The fourth-order valence-electron chi connectivity index (χ4n) is 2.63. The van der Waals surface area contributed by atoms with Crippen molar-refractivity contribution < 1.29 is 14.6 Å². The fraction of sp³-hybridized carbons (Fsp3) is 0.533. The summed E-state index contributed by atoms with van der Waals surface area (Å²) in [5.41, 5.74) is 2.73. The Kier molecular flexibility index (Phi) is 3.71. The first-order valence-electron chi connectivity index (χ1n) is 6.41. The van der Waals surface area contributed by atoms with Crippen LogP contribution in [-0.2, 0) is 9.53 Å². The van der Waals surface area contributed by atoms with Crippen LogP contribution in [0.3, 0.4) is 0 Å². The van der Waals surface area contributed by atoms with Gasteiger partial charge in [0.05, 0.1) is 12.0 Å². The van der Waals surface area contributed by atoms with Crippen LogP contribution >= 0.6 is 0 Å². The molecule has 0 amide bonds. The Hall–Kier alpha value is -1.35. The number of hydrogen-bond donors (Lipinski definition) is 1. The summed E-state index contributed by atoms with van der Waals surface area (Å²) in [6, 6.07) is 0. The molecule has 18 heavy (non-hydrogen) atoms. The summed E-state index contributed by atoms with van der Waals surface area (Å²) >= 11 is 0. The second-order valence-electron chi connectivity index (χ2n) is 5.29. The highest BCUT2D eigenvalue weighted by molar-refractivity contribution is 5.91. The van der Waals surface area contributed by atoms with Gasteiger partial charge in [-0.25, -0.2) is 4.79 Å². The van der Waals surface area contributed by atoms with Gasteiger partial charge in [0.1, 0.15) is 6.10 Å². The van der Waals surface area contributed by atoms with Gasteiger partial charge in [0.2, 0.25) is 0 Å². The van der Waals surface area contributed by atoms with Crippen LogP contribution in [0.4, 0.5) is 0 Å². The molecule has 3 heteroatoms. The van der Waals surface area contributed by atoms with Crippen LogP contribution in [-0.4, -0.2) is 23.3 Å². The van der Waals surface area contributed by atoms with Crippen LogP contribution in [0.5, 0.6) is 0 Å². The van der Waals surface area contributed by atoms with E-state index < -0.39 is 12.1 Å². The summed E-state index contributed by atoms with van der Waals surface area (Å²) < 4.78 is 5.28. The summed E-state index contributed by atoms with van der Waals surface area (Å²) in [5, 5.41) is 10.2. The number of fused-ring (bicyclic) bond motifs is 1. The molecule has 1 aliphatic carbocycles. The zero-order valence-corrected chi connectivity index (χ0v) is 11.0. The minimum atomic E-state index is -0.698. The van der Waals surface area contributed by atoms with E-state index in [2.05, 4.69) is 6.58 Å². The molecule has 1 saturated heterocycles. The number of carbonyl (C=O) groups is 1. The molecule has 2 rings (SSSR count). The van der Waals surface area contributed by atoms with Crippen LogP contribution in [0.1, 0.15) is 33.1 Å². The molecule has 0 radical (unpaired) electrons. The van der Waals surface area contributed by atoms with E-state index in [1.54, 1.807) is 0 Å². The third-order valence-electron chi connectivity index (χ3n) is 3.68. The topological polar surface area (TPSA) is 46.5 Å². The molecule has 2 aliphatic rings. The van der Waals surface area contributed by atoms with Crippen molar-refractivity contribution in [1.82, 2.24) is 0 Å². The van der Waals surface area contributed by atoms with E-state index in [9.17, 15) is 9.90 Å². The number of aliphatic hydroxyl groups excluding tert-OH is 1. The highest BCUT2D eigenvalue weighted by Crippen LogP contribution is 2.33. The van der Waals surface area contributed by atoms with Crippen molar-refractivity contribution in [3.8, 4) is 0 Å². The number of rotatable bonds is 0. The number of carbonyl (C=O) groups excluding carboxylic acids is 1. The van der Waals surface area contributed by atoms with Gasteiger partial charge in [-0.05, 0) is 39.2 Å². The first-order valence-corrected chi connectivity index (χ1v) is 6.41. The van der Waals surface area contributed by atoms with Gasteiger partial charge in [0.15, 0.2) is 0 Å². The molecule has 1 aliphatic heterocycles. The zero-order chi connectivity index (χ0) is 13.3. The Morgan fingerprint density at radius 1 is 1.28 bits per heavy atom. The average molecular weight is 248 g/mol. The molecule has 0 aromatic carbocycles. The molecule has 1 N–H and O–H groups in total. The fourth-order valence-corrected chi connectivity index (χ4v) is 2.63. The standard InChI is InChI=1S/C15H20O3/c1-9-5-4-6-10(2)8-13-14(12(16)7-9)11(3)15(17)18-13/h7-8,12-14,16H,3-6H2,1-2H3/b9-7-,10-8-/t12-,13-,14-/m0/s1. The van der Waals surface area contributed by atoms with Crippen molar-refractivity contribution >= 4 is 5.97 Å². The van der Waals surface area contributed by atoms with Gasteiger partial charge in [-0.15, -0.1) is 0 Å². The van der Waals surface area contributed by atoms with Gasteiger partial charge in [0, 0.05) is 5.57 Å². The summed E-state index contributed by atoms with van der Waals surface area (Å²) in [6.07, 6.45) is 5.75. The maximum Gasteiger partial charge on any atom is 0.334 e. The number of aliphatic hydroxyl groups is 1. The number of esters is 1. The zero-order valence-electron chi connectivity index (χ0n) is 11.0. The highest BCUT2D eigenvalue weighted by Gasteiger charge is 2.41. The number of ether oxygens (including phenoxy) is 1. The molecule has 98 valence electrons. The Labute approximate surface area is 108 Å². The van der Waals surface area contributed by atoms with E-state index in [4.69, 9.17) is 4.74 Å². The Morgan fingerprint density at radius 3 is 2.56 bits per heavy atom. The predicted octanol–water partition coefficient (Wildman–Crippen LogP) is 2.52. The normalized spacial score (nSPS) is 39.2. The van der Waals surface area contributed by atoms with Crippen molar-refractivity contribution in [3.05, 3.63) is 35.5 Å². The third-order valence-corrected chi connectivity index (χ3v) is 3.68. The molecule has 0 spiro atoms. The molecule has 0 saturated carbocycles. The molecule has 3 nitrogen and oxygen atoms in total. The van der Waals surface area contributed by atoms with Gasteiger partial charge in [-0.1, -0.05) is 23.8 Å². The monoisotopic (exact) mass is 248 g/mol. The third kappa shape index (κ3) is 2.56. The lowest BCUT2D eigenvalue weighted by molar-refractivity contribution is -0.137. The highest BCUT2D eigenvalue weighted by atomic mass is 16.6. The molecule has 3 atom stereocenters. The van der Waals surface area contributed by atoms with E-state index in [1.165, 1.54) is 5.57 Å². The SMILES string of the molecule is C=C1C(=O)O[C@H]2/C=C(/C)CCC/C(C)=C\[C@H](O)[C@H]12. The maximum atomic E-state index is 11.6. The van der Waals surface area contributed by atoms with Crippen molar-refractivity contribution in [3.63, 3.8) is 0 Å². The molecule has 0 bridgehead atoms. The van der Waals surface area contributed by atoms with Crippen molar-refractivity contribution in [2.75, 3.05) is 0 Å². The van der Waals surface area contributed by atoms with Gasteiger partial charge in [-0.2, -0.15) is 0 Å². The minimum absolute atomic E-state index is 0.347. The summed E-state index contributed by atoms with van der Waals surface area (Å²) in [6.45, 7) is 7.81. The molecule has 0 aromatic rings. The van der Waals surface area contributed by atoms with Crippen LogP contribution in [0, 0.1) is 5.92 Å². The lowest BCUT2D eigenvalue weighted by atomic mass is 9.87. The first kappa shape index (κ1) is 13.1. The molecular formula is C15H20O3. The average Bonchev–Trinajstić information content (AvgIpc) is 2.53. The Morgan fingerprint density at radius 2 is 1.89 bits per heavy atom. The smallest absolute Gasteiger partial charge is 0.334 e. The van der Waals surface area contributed by atoms with Gasteiger partial charge < -0.3 is 9.84 Å². The molecule has 0 aromatic heterocycles. The Bertz CT molecular complexity index is 431. The second-order valence-corrected chi connectivity index (χ2v) is 5.29. The van der Waals surface area contributed by atoms with Crippen LogP contribution in [0.15, 0.2) is 35.5 Å². The molecule has 1 heterocycles. The summed E-state index contributed by atoms with van der Waals surface area (Å²) in [7, 11) is 0. The van der Waals surface area contributed by atoms with Crippen molar-refractivity contribution in [2.24, 2.45) is 5.92 Å². The lowest BCUT2D eigenvalue weighted by Crippen LogP contribution is -2.27. The Balaban J connectivity index is 2.35. The molecule has 1 fully saturated rings. The van der Waals surface area contributed by atoms with Gasteiger partial charge >= 0.3 is 5.97 Å². The van der Waals surface area contributed by atoms with Gasteiger partial charge in [0.25, 0.3) is 0 Å². The van der Waals surface area contributed by atoms with Crippen molar-refractivity contribution in [2.45, 2.75) is 45.3 Å². The van der Waals surface area contributed by atoms with E-state index >= 15 is 0 Å². The summed E-state index contributed by atoms with van der Waals surface area (Å²) in [4.78, 5) is 11.6. The van der Waals surface area contributed by atoms with E-state index in [1.807, 2.05) is 26.0 Å². The number of allylic oxidation sites excluding steroid dienone is 2. The predicted molar refractivity (Wildman–Crippen MR) is 69.9 cm³/mol. The van der Waals surface area contributed by atoms with E-state index in [0.29, 0.717) is 5.57 Å². The first-order chi connectivity index (χ1) is 8.49. The summed E-state index contributed by atoms with van der Waals surface area (Å²) in [5.74, 6) is -0.737. The maximum absolute atomic E-state index is 11.6. The van der Waals surface area contributed by atoms with Crippen LogP contribution in [0.2, 0.25) is 0 Å². The van der Waals surface area contributed by atoms with Crippen LogP contribution < -0.4 is 0 Å². The largest absolute Gasteiger partial charge is 0.454 e. The molecule has 0 unspecified atom stereocenters.